The average molecular weight is 293 g/mol. The minimum atomic E-state index is 0.406. The highest BCUT2D eigenvalue weighted by atomic mass is 32.2. The van der Waals surface area contributed by atoms with Crippen LogP contribution in [0.25, 0.3) is 0 Å². The maximum atomic E-state index is 4.46. The van der Waals surface area contributed by atoms with Crippen LogP contribution in [0.4, 0.5) is 5.82 Å². The topological polar surface area (TPSA) is 37.8 Å². The summed E-state index contributed by atoms with van der Waals surface area (Å²) in [7, 11) is 0. The Labute approximate surface area is 122 Å². The van der Waals surface area contributed by atoms with Crippen molar-refractivity contribution < 1.29 is 0 Å². The first-order valence-electron chi connectivity index (χ1n) is 6.52. The Balaban J connectivity index is 2.31. The van der Waals surface area contributed by atoms with Gasteiger partial charge in [-0.3, -0.25) is 0 Å². The van der Waals surface area contributed by atoms with Gasteiger partial charge in [-0.25, -0.2) is 9.97 Å². The number of aromatic nitrogens is 2. The van der Waals surface area contributed by atoms with E-state index in [9.17, 15) is 0 Å². The van der Waals surface area contributed by atoms with E-state index >= 15 is 0 Å². The van der Waals surface area contributed by atoms with Gasteiger partial charge in [-0.2, -0.15) is 0 Å². The smallest absolute Gasteiger partial charge is 0.134 e. The van der Waals surface area contributed by atoms with Crippen LogP contribution in [0.1, 0.15) is 38.7 Å². The fourth-order valence-electron chi connectivity index (χ4n) is 1.78. The summed E-state index contributed by atoms with van der Waals surface area (Å²) in [6.07, 6.45) is 2.74. The molecular weight excluding hydrogens is 274 g/mol. The van der Waals surface area contributed by atoms with Crippen molar-refractivity contribution in [1.29, 1.82) is 0 Å². The van der Waals surface area contributed by atoms with E-state index < -0.39 is 0 Å². The molecule has 102 valence electrons. The van der Waals surface area contributed by atoms with E-state index in [4.69, 9.17) is 0 Å². The Morgan fingerprint density at radius 2 is 2.21 bits per heavy atom. The number of nitrogens with zero attached hydrogens (tertiary/aromatic N) is 2. The van der Waals surface area contributed by atoms with Crippen LogP contribution < -0.4 is 5.32 Å². The van der Waals surface area contributed by atoms with Gasteiger partial charge in [0.2, 0.25) is 0 Å². The van der Waals surface area contributed by atoms with Crippen LogP contribution in [0.5, 0.6) is 0 Å². The molecule has 0 radical (unpaired) electrons. The minimum absolute atomic E-state index is 0.406. The van der Waals surface area contributed by atoms with Crippen LogP contribution in [-0.4, -0.2) is 16.5 Å². The SMILES string of the molecule is CCCNc1ncnc(Sc2cccs2)c1C(C)C. The zero-order valence-electron chi connectivity index (χ0n) is 11.5. The summed E-state index contributed by atoms with van der Waals surface area (Å²) in [5, 5.41) is 6.56. The molecule has 19 heavy (non-hydrogen) atoms. The van der Waals surface area contributed by atoms with Crippen LogP contribution in [-0.2, 0) is 0 Å². The Bertz CT molecular complexity index is 509. The summed E-state index contributed by atoms with van der Waals surface area (Å²) >= 11 is 3.47. The first-order valence-corrected chi connectivity index (χ1v) is 8.22. The van der Waals surface area contributed by atoms with Gasteiger partial charge >= 0.3 is 0 Å². The third-order valence-corrected chi connectivity index (χ3v) is 4.72. The predicted octanol–water partition coefficient (Wildman–Crippen LogP) is 4.63. The summed E-state index contributed by atoms with van der Waals surface area (Å²) in [4.78, 5) is 8.86. The van der Waals surface area contributed by atoms with E-state index in [1.54, 1.807) is 29.4 Å². The van der Waals surface area contributed by atoms with Crippen LogP contribution in [0.15, 0.2) is 33.1 Å². The first kappa shape index (κ1) is 14.3. The van der Waals surface area contributed by atoms with Crippen molar-refractivity contribution in [2.45, 2.75) is 42.3 Å². The molecule has 0 saturated carbocycles. The van der Waals surface area contributed by atoms with Crippen molar-refractivity contribution >= 4 is 28.9 Å². The molecule has 1 N–H and O–H groups in total. The predicted molar refractivity (Wildman–Crippen MR) is 83.3 cm³/mol. The first-order chi connectivity index (χ1) is 9.22. The molecule has 0 aliphatic carbocycles. The minimum Gasteiger partial charge on any atom is -0.370 e. The molecule has 0 aliphatic heterocycles. The second kappa shape index (κ2) is 6.91. The van der Waals surface area contributed by atoms with Gasteiger partial charge in [0.15, 0.2) is 0 Å². The van der Waals surface area contributed by atoms with Gasteiger partial charge in [0.25, 0.3) is 0 Å². The zero-order chi connectivity index (χ0) is 13.7. The van der Waals surface area contributed by atoms with E-state index in [1.807, 2.05) is 0 Å². The summed E-state index contributed by atoms with van der Waals surface area (Å²) in [6.45, 7) is 7.48. The third-order valence-electron chi connectivity index (χ3n) is 2.66. The number of thiophene rings is 1. The third kappa shape index (κ3) is 3.70. The Morgan fingerprint density at radius 3 is 2.84 bits per heavy atom. The maximum absolute atomic E-state index is 4.46. The molecule has 2 heterocycles. The van der Waals surface area contributed by atoms with Crippen molar-refractivity contribution in [3.05, 3.63) is 29.4 Å². The summed E-state index contributed by atoms with van der Waals surface area (Å²) in [6, 6.07) is 4.19. The fraction of sp³-hybridized carbons (Fsp3) is 0.429. The summed E-state index contributed by atoms with van der Waals surface area (Å²) in [5.74, 6) is 1.38. The second-order valence-corrected chi connectivity index (χ2v) is 6.79. The molecule has 0 amide bonds. The molecule has 2 rings (SSSR count). The number of nitrogens with one attached hydrogen (secondary N) is 1. The molecular formula is C14H19N3S2. The summed E-state index contributed by atoms with van der Waals surface area (Å²) < 4.78 is 1.27. The Hall–Kier alpha value is -1.07. The second-order valence-electron chi connectivity index (χ2n) is 4.56. The molecule has 0 saturated heterocycles. The lowest BCUT2D eigenvalue weighted by Crippen LogP contribution is -2.08. The molecule has 3 nitrogen and oxygen atoms in total. The highest BCUT2D eigenvalue weighted by Gasteiger charge is 2.15. The number of hydrogen-bond donors (Lipinski definition) is 1. The monoisotopic (exact) mass is 293 g/mol. The van der Waals surface area contributed by atoms with Gasteiger partial charge in [-0.15, -0.1) is 11.3 Å². The van der Waals surface area contributed by atoms with E-state index in [1.165, 1.54) is 9.77 Å². The molecule has 0 spiro atoms. The van der Waals surface area contributed by atoms with Crippen molar-refractivity contribution in [1.82, 2.24) is 9.97 Å². The van der Waals surface area contributed by atoms with Crippen molar-refractivity contribution in [3.63, 3.8) is 0 Å². The van der Waals surface area contributed by atoms with Gasteiger partial charge in [-0.1, -0.05) is 38.6 Å². The van der Waals surface area contributed by atoms with E-state index in [0.717, 1.165) is 23.8 Å². The van der Waals surface area contributed by atoms with E-state index in [-0.39, 0.29) is 0 Å². The molecule has 0 atom stereocenters. The van der Waals surface area contributed by atoms with Crippen LogP contribution >= 0.6 is 23.1 Å². The lowest BCUT2D eigenvalue weighted by atomic mass is 10.1. The molecule has 5 heteroatoms. The fourth-order valence-corrected chi connectivity index (χ4v) is 3.71. The highest BCUT2D eigenvalue weighted by molar-refractivity contribution is 8.01. The molecule has 2 aromatic heterocycles. The van der Waals surface area contributed by atoms with E-state index in [2.05, 4.69) is 53.6 Å². The number of rotatable bonds is 6. The molecule has 2 aromatic rings. The van der Waals surface area contributed by atoms with Crippen molar-refractivity contribution in [2.75, 3.05) is 11.9 Å². The molecule has 0 aliphatic rings. The van der Waals surface area contributed by atoms with Crippen LogP contribution in [0.2, 0.25) is 0 Å². The van der Waals surface area contributed by atoms with E-state index in [0.29, 0.717) is 5.92 Å². The lowest BCUT2D eigenvalue weighted by Gasteiger charge is -2.15. The molecule has 0 bridgehead atoms. The Morgan fingerprint density at radius 1 is 1.37 bits per heavy atom. The Kier molecular flexibility index (Phi) is 5.22. The average Bonchev–Trinajstić information content (AvgIpc) is 2.89. The van der Waals surface area contributed by atoms with Gasteiger partial charge < -0.3 is 5.32 Å². The quantitative estimate of drug-likeness (QED) is 0.788. The summed E-state index contributed by atoms with van der Waals surface area (Å²) in [5.41, 5.74) is 1.22. The molecule has 0 fully saturated rings. The standard InChI is InChI=1S/C14H19N3S2/c1-4-7-15-13-12(10(2)3)14(17-9-16-13)19-11-6-5-8-18-11/h5-6,8-10H,4,7H2,1-3H3,(H,15,16,17). The normalized spacial score (nSPS) is 10.9. The molecule has 0 aromatic carbocycles. The van der Waals surface area contributed by atoms with Crippen molar-refractivity contribution in [3.8, 4) is 0 Å². The van der Waals surface area contributed by atoms with Gasteiger partial charge in [0, 0.05) is 12.1 Å². The number of anilines is 1. The number of hydrogen-bond acceptors (Lipinski definition) is 5. The van der Waals surface area contributed by atoms with Gasteiger partial charge in [-0.05, 0) is 23.8 Å². The lowest BCUT2D eigenvalue weighted by molar-refractivity contribution is 0.800. The molecule has 0 unspecified atom stereocenters. The van der Waals surface area contributed by atoms with Crippen LogP contribution in [0.3, 0.4) is 0 Å². The highest BCUT2D eigenvalue weighted by Crippen LogP contribution is 2.37. The van der Waals surface area contributed by atoms with Gasteiger partial charge in [0.1, 0.15) is 17.2 Å². The largest absolute Gasteiger partial charge is 0.370 e. The van der Waals surface area contributed by atoms with Crippen molar-refractivity contribution in [2.24, 2.45) is 0 Å². The van der Waals surface area contributed by atoms with Crippen LogP contribution in [0, 0.1) is 0 Å². The maximum Gasteiger partial charge on any atom is 0.134 e. The zero-order valence-corrected chi connectivity index (χ0v) is 13.1. The van der Waals surface area contributed by atoms with Gasteiger partial charge in [0.05, 0.1) is 4.21 Å².